The van der Waals surface area contributed by atoms with Crippen molar-refractivity contribution in [2.45, 2.75) is 20.8 Å². The molecule has 0 unspecified atom stereocenters. The number of rotatable bonds is 6. The topological polar surface area (TPSA) is 64.1 Å². The van der Waals surface area contributed by atoms with Gasteiger partial charge in [-0.3, -0.25) is 5.43 Å². The van der Waals surface area contributed by atoms with Crippen LogP contribution in [0.5, 0.6) is 17.2 Å². The summed E-state index contributed by atoms with van der Waals surface area (Å²) in [6, 6.07) is 9.82. The summed E-state index contributed by atoms with van der Waals surface area (Å²) in [7, 11) is 4.73. The zero-order valence-corrected chi connectivity index (χ0v) is 17.3. The Balaban J connectivity index is 2.17. The van der Waals surface area contributed by atoms with Crippen LogP contribution in [0.1, 0.15) is 23.6 Å². The second kappa shape index (κ2) is 9.23. The molecule has 2 aromatic rings. The molecular weight excluding hydrogens is 362 g/mol. The normalized spacial score (nSPS) is 11.0. The molecule has 6 nitrogen and oxygen atoms in total. The first kappa shape index (κ1) is 20.5. The highest BCUT2D eigenvalue weighted by Gasteiger charge is 2.14. The quantitative estimate of drug-likeness (QED) is 0.443. The third-order valence-corrected chi connectivity index (χ3v) is 4.24. The van der Waals surface area contributed by atoms with Crippen molar-refractivity contribution in [3.05, 3.63) is 47.0 Å². The van der Waals surface area contributed by atoms with Gasteiger partial charge >= 0.3 is 0 Å². The summed E-state index contributed by atoms with van der Waals surface area (Å²) in [6.45, 7) is 5.93. The molecule has 0 atom stereocenters. The zero-order valence-electron chi connectivity index (χ0n) is 16.5. The van der Waals surface area contributed by atoms with Gasteiger partial charge in [-0.2, -0.15) is 5.10 Å². The second-order valence-electron chi connectivity index (χ2n) is 6.00. The van der Waals surface area contributed by atoms with E-state index in [1.54, 1.807) is 21.3 Å². The average molecular weight is 388 g/mol. The highest BCUT2D eigenvalue weighted by molar-refractivity contribution is 7.80. The van der Waals surface area contributed by atoms with Crippen molar-refractivity contribution in [1.82, 2.24) is 5.43 Å². The van der Waals surface area contributed by atoms with Crippen LogP contribution in [-0.2, 0) is 0 Å². The monoisotopic (exact) mass is 387 g/mol. The fraction of sp³-hybridized carbons (Fsp3) is 0.300. The summed E-state index contributed by atoms with van der Waals surface area (Å²) in [5.41, 5.74) is 7.64. The van der Waals surface area contributed by atoms with E-state index in [0.717, 1.165) is 28.1 Å². The number of benzene rings is 2. The van der Waals surface area contributed by atoms with Gasteiger partial charge in [0, 0.05) is 11.3 Å². The third kappa shape index (κ3) is 5.10. The Kier molecular flexibility index (Phi) is 7.01. The molecule has 0 fully saturated rings. The number of nitrogens with zero attached hydrogens (tertiary/aromatic N) is 1. The Bertz CT molecular complexity index is 841. The standard InChI is InChI=1S/C20H25N3O3S/c1-12-7-8-13(2)16(9-12)21-20(27)23-22-14(3)15-10-17(24-4)19(26-6)18(11-15)25-5/h7-11H,1-6H3,(H2,21,23,27)/b22-14-. The molecule has 0 radical (unpaired) electrons. The van der Waals surface area contributed by atoms with Gasteiger partial charge in [-0.15, -0.1) is 0 Å². The lowest BCUT2D eigenvalue weighted by Gasteiger charge is -2.14. The van der Waals surface area contributed by atoms with Gasteiger partial charge in [0.15, 0.2) is 16.6 Å². The first-order valence-corrected chi connectivity index (χ1v) is 8.79. The zero-order chi connectivity index (χ0) is 20.0. The molecule has 0 aliphatic rings. The molecule has 7 heteroatoms. The van der Waals surface area contributed by atoms with Gasteiger partial charge in [-0.25, -0.2) is 0 Å². The minimum atomic E-state index is 0.412. The fourth-order valence-corrected chi connectivity index (χ4v) is 2.67. The van der Waals surface area contributed by atoms with Gasteiger partial charge < -0.3 is 19.5 Å². The molecule has 0 saturated heterocycles. The summed E-state index contributed by atoms with van der Waals surface area (Å²) in [5, 5.41) is 7.94. The van der Waals surface area contributed by atoms with Crippen molar-refractivity contribution in [2.75, 3.05) is 26.6 Å². The molecule has 0 aromatic heterocycles. The van der Waals surface area contributed by atoms with Crippen molar-refractivity contribution in [1.29, 1.82) is 0 Å². The lowest BCUT2D eigenvalue weighted by molar-refractivity contribution is 0.324. The van der Waals surface area contributed by atoms with E-state index in [4.69, 9.17) is 26.4 Å². The number of hydrazone groups is 1. The van der Waals surface area contributed by atoms with E-state index in [-0.39, 0.29) is 0 Å². The maximum atomic E-state index is 5.38. The number of hydrogen-bond donors (Lipinski definition) is 2. The van der Waals surface area contributed by atoms with E-state index < -0.39 is 0 Å². The highest BCUT2D eigenvalue weighted by Crippen LogP contribution is 2.38. The van der Waals surface area contributed by atoms with E-state index in [2.05, 4.69) is 21.9 Å². The number of methoxy groups -OCH3 is 3. The number of aryl methyl sites for hydroxylation is 2. The van der Waals surface area contributed by atoms with Crippen LogP contribution < -0.4 is 25.0 Å². The predicted octanol–water partition coefficient (Wildman–Crippen LogP) is 4.04. The maximum Gasteiger partial charge on any atom is 0.203 e. The van der Waals surface area contributed by atoms with Crippen LogP contribution >= 0.6 is 12.2 Å². The van der Waals surface area contributed by atoms with Gasteiger partial charge in [0.25, 0.3) is 0 Å². The van der Waals surface area contributed by atoms with E-state index in [1.165, 1.54) is 0 Å². The SMILES string of the molecule is COc1cc(/C(C)=N\NC(=S)Nc2cc(C)ccc2C)cc(OC)c1OC. The van der Waals surface area contributed by atoms with Crippen LogP contribution in [-0.4, -0.2) is 32.2 Å². The van der Waals surface area contributed by atoms with Crippen LogP contribution in [0.15, 0.2) is 35.4 Å². The lowest BCUT2D eigenvalue weighted by Crippen LogP contribution is -2.25. The van der Waals surface area contributed by atoms with E-state index in [1.807, 2.05) is 45.0 Å². The summed E-state index contributed by atoms with van der Waals surface area (Å²) < 4.78 is 16.1. The van der Waals surface area contributed by atoms with E-state index in [9.17, 15) is 0 Å². The Morgan fingerprint density at radius 1 is 0.963 bits per heavy atom. The minimum Gasteiger partial charge on any atom is -0.493 e. The van der Waals surface area contributed by atoms with Crippen LogP contribution in [0.2, 0.25) is 0 Å². The number of anilines is 1. The number of nitrogens with one attached hydrogen (secondary N) is 2. The molecule has 0 aliphatic carbocycles. The van der Waals surface area contributed by atoms with E-state index >= 15 is 0 Å². The summed E-state index contributed by atoms with van der Waals surface area (Å²) in [5.74, 6) is 1.67. The Labute approximate surface area is 165 Å². The van der Waals surface area contributed by atoms with Crippen LogP contribution in [0.3, 0.4) is 0 Å². The van der Waals surface area contributed by atoms with Crippen LogP contribution in [0.4, 0.5) is 5.69 Å². The van der Waals surface area contributed by atoms with Gasteiger partial charge in [0.05, 0.1) is 27.0 Å². The molecule has 144 valence electrons. The van der Waals surface area contributed by atoms with E-state index in [0.29, 0.717) is 22.4 Å². The van der Waals surface area contributed by atoms with Crippen molar-refractivity contribution < 1.29 is 14.2 Å². The van der Waals surface area contributed by atoms with Gasteiger partial charge in [0.1, 0.15) is 0 Å². The molecular formula is C20H25N3O3S. The lowest BCUT2D eigenvalue weighted by atomic mass is 10.1. The molecule has 0 amide bonds. The Hall–Kier alpha value is -2.80. The molecule has 2 aromatic carbocycles. The smallest absolute Gasteiger partial charge is 0.203 e. The Morgan fingerprint density at radius 3 is 2.15 bits per heavy atom. The van der Waals surface area contributed by atoms with Crippen molar-refractivity contribution in [3.8, 4) is 17.2 Å². The largest absolute Gasteiger partial charge is 0.493 e. The molecule has 27 heavy (non-hydrogen) atoms. The summed E-state index contributed by atoms with van der Waals surface area (Å²) in [6.07, 6.45) is 0. The Morgan fingerprint density at radius 2 is 1.59 bits per heavy atom. The van der Waals surface area contributed by atoms with Gasteiger partial charge in [-0.05, 0) is 62.3 Å². The van der Waals surface area contributed by atoms with Gasteiger partial charge in [0.2, 0.25) is 5.75 Å². The second-order valence-corrected chi connectivity index (χ2v) is 6.40. The first-order valence-electron chi connectivity index (χ1n) is 8.38. The maximum absolute atomic E-state index is 5.38. The van der Waals surface area contributed by atoms with Crippen LogP contribution in [0, 0.1) is 13.8 Å². The molecule has 2 N–H and O–H groups in total. The van der Waals surface area contributed by atoms with Gasteiger partial charge in [-0.1, -0.05) is 12.1 Å². The molecule has 0 bridgehead atoms. The fourth-order valence-electron chi connectivity index (χ4n) is 2.51. The molecule has 0 heterocycles. The first-order chi connectivity index (χ1) is 12.9. The summed E-state index contributed by atoms with van der Waals surface area (Å²) >= 11 is 5.35. The van der Waals surface area contributed by atoms with Crippen molar-refractivity contribution >= 4 is 28.7 Å². The molecule has 0 saturated carbocycles. The molecule has 0 spiro atoms. The van der Waals surface area contributed by atoms with Crippen LogP contribution in [0.25, 0.3) is 0 Å². The number of thiocarbonyl (C=S) groups is 1. The molecule has 2 rings (SSSR count). The number of ether oxygens (including phenoxy) is 3. The highest BCUT2D eigenvalue weighted by atomic mass is 32.1. The van der Waals surface area contributed by atoms with Crippen molar-refractivity contribution in [2.24, 2.45) is 5.10 Å². The minimum absolute atomic E-state index is 0.412. The predicted molar refractivity (Wildman–Crippen MR) is 114 cm³/mol. The third-order valence-electron chi connectivity index (χ3n) is 4.05. The number of hydrogen-bond acceptors (Lipinski definition) is 5. The summed E-state index contributed by atoms with van der Waals surface area (Å²) in [4.78, 5) is 0. The molecule has 0 aliphatic heterocycles. The van der Waals surface area contributed by atoms with Crippen molar-refractivity contribution in [3.63, 3.8) is 0 Å². The average Bonchev–Trinajstić information content (AvgIpc) is 2.67.